The Bertz CT molecular complexity index is 1030. The first kappa shape index (κ1) is 22.8. The number of carbonyl (C=O) groups excluding carboxylic acids is 1. The molecule has 2 aromatic rings. The minimum atomic E-state index is -3.63. The molecule has 0 bridgehead atoms. The molecule has 1 aliphatic rings. The zero-order valence-electron chi connectivity index (χ0n) is 17.4. The van der Waals surface area contributed by atoms with E-state index in [-0.39, 0.29) is 18.1 Å². The Morgan fingerprint density at radius 2 is 1.94 bits per heavy atom. The third kappa shape index (κ3) is 6.09. The highest BCUT2D eigenvalue weighted by molar-refractivity contribution is 7.90. The molecule has 1 fully saturated rings. The Morgan fingerprint density at radius 1 is 1.19 bits per heavy atom. The topological polar surface area (TPSA) is 120 Å². The Hall–Kier alpha value is -2.83. The van der Waals surface area contributed by atoms with Crippen molar-refractivity contribution in [2.45, 2.75) is 13.5 Å². The number of pyridine rings is 2. The molecule has 3 rings (SSSR count). The van der Waals surface area contributed by atoms with Gasteiger partial charge >= 0.3 is 0 Å². The van der Waals surface area contributed by atoms with Crippen LogP contribution in [-0.4, -0.2) is 69.0 Å². The summed E-state index contributed by atoms with van der Waals surface area (Å²) in [6.45, 7) is 5.43. The Kier molecular flexibility index (Phi) is 7.36. The molecule has 3 N–H and O–H groups in total. The van der Waals surface area contributed by atoms with Crippen LogP contribution in [0.5, 0.6) is 0 Å². The summed E-state index contributed by atoms with van der Waals surface area (Å²) in [6, 6.07) is 4.88. The second kappa shape index (κ2) is 9.98. The molecular weight excluding hydrogens is 425 g/mol. The number of anilines is 2. The fraction of sp³-hybridized carbons (Fsp3) is 0.421. The van der Waals surface area contributed by atoms with Crippen LogP contribution in [0.3, 0.4) is 0 Å². The van der Waals surface area contributed by atoms with E-state index in [1.165, 1.54) is 19.3 Å². The van der Waals surface area contributed by atoms with E-state index in [1.54, 1.807) is 19.2 Å². The fourth-order valence-corrected chi connectivity index (χ4v) is 4.14. The number of amides is 1. The number of nitrogens with zero attached hydrogens (tertiary/aromatic N) is 4. The number of hydrogen-bond acceptors (Lipinski definition) is 7. The molecule has 12 heteroatoms. The Morgan fingerprint density at radius 3 is 2.58 bits per heavy atom. The molecule has 168 valence electrons. The largest absolute Gasteiger partial charge is 0.368 e. The molecule has 1 aliphatic heterocycles. The second-order valence-electron chi connectivity index (χ2n) is 7.02. The van der Waals surface area contributed by atoms with E-state index < -0.39 is 21.9 Å². The Balaban J connectivity index is 1.58. The van der Waals surface area contributed by atoms with Crippen LogP contribution in [0.4, 0.5) is 15.9 Å². The molecule has 10 nitrogen and oxygen atoms in total. The van der Waals surface area contributed by atoms with Gasteiger partial charge in [-0.3, -0.25) is 14.4 Å². The van der Waals surface area contributed by atoms with Crippen LogP contribution in [0.25, 0.3) is 0 Å². The summed E-state index contributed by atoms with van der Waals surface area (Å²) in [5.41, 5.74) is 1.34. The van der Waals surface area contributed by atoms with Gasteiger partial charge in [0.2, 0.25) is 0 Å². The van der Waals surface area contributed by atoms with Gasteiger partial charge in [-0.25, -0.2) is 14.4 Å². The monoisotopic (exact) mass is 451 g/mol. The summed E-state index contributed by atoms with van der Waals surface area (Å²) >= 11 is 0. The van der Waals surface area contributed by atoms with E-state index in [0.29, 0.717) is 25.3 Å². The van der Waals surface area contributed by atoms with E-state index in [0.717, 1.165) is 18.7 Å². The Labute approximate surface area is 181 Å². The lowest BCUT2D eigenvalue weighted by molar-refractivity contribution is 0.0953. The van der Waals surface area contributed by atoms with Crippen LogP contribution in [0.1, 0.15) is 23.0 Å². The molecule has 0 unspecified atom stereocenters. The average molecular weight is 452 g/mol. The predicted octanol–water partition coefficient (Wildman–Crippen LogP) is 0.564. The minimum Gasteiger partial charge on any atom is -0.368 e. The fourth-order valence-electron chi connectivity index (χ4n) is 3.30. The van der Waals surface area contributed by atoms with Gasteiger partial charge in [0.25, 0.3) is 16.1 Å². The van der Waals surface area contributed by atoms with Crippen molar-refractivity contribution in [1.82, 2.24) is 24.9 Å². The molecule has 0 atom stereocenters. The number of rotatable bonds is 8. The average Bonchev–Trinajstić information content (AvgIpc) is 2.73. The van der Waals surface area contributed by atoms with Crippen molar-refractivity contribution in [2.75, 3.05) is 49.4 Å². The van der Waals surface area contributed by atoms with E-state index in [9.17, 15) is 17.6 Å². The van der Waals surface area contributed by atoms with Crippen molar-refractivity contribution < 1.29 is 17.6 Å². The maximum Gasteiger partial charge on any atom is 0.300 e. The zero-order valence-corrected chi connectivity index (χ0v) is 18.2. The van der Waals surface area contributed by atoms with Crippen molar-refractivity contribution in [3.05, 3.63) is 47.7 Å². The molecule has 1 amide bonds. The molecular formula is C19H26FN7O3S. The summed E-state index contributed by atoms with van der Waals surface area (Å²) in [5.74, 6) is -0.947. The maximum absolute atomic E-state index is 14.2. The first-order chi connectivity index (χ1) is 14.8. The molecule has 0 aromatic carbocycles. The summed E-state index contributed by atoms with van der Waals surface area (Å²) < 4.78 is 42.6. The lowest BCUT2D eigenvalue weighted by Crippen LogP contribution is -2.46. The van der Waals surface area contributed by atoms with Crippen LogP contribution in [0.2, 0.25) is 0 Å². The van der Waals surface area contributed by atoms with E-state index in [2.05, 4.69) is 29.6 Å². The molecule has 0 aliphatic carbocycles. The number of carbonyl (C=O) groups is 1. The molecule has 1 saturated heterocycles. The van der Waals surface area contributed by atoms with Crippen molar-refractivity contribution in [2.24, 2.45) is 0 Å². The van der Waals surface area contributed by atoms with Crippen LogP contribution in [0, 0.1) is 5.82 Å². The number of hydrogen-bond donors (Lipinski definition) is 3. The van der Waals surface area contributed by atoms with E-state index in [1.807, 2.05) is 11.0 Å². The van der Waals surface area contributed by atoms with Gasteiger partial charge in [-0.1, -0.05) is 6.92 Å². The summed E-state index contributed by atoms with van der Waals surface area (Å²) in [7, 11) is -2.20. The molecule has 0 spiro atoms. The number of nitrogens with one attached hydrogen (secondary N) is 3. The molecule has 0 radical (unpaired) electrons. The number of aromatic nitrogens is 2. The summed E-state index contributed by atoms with van der Waals surface area (Å²) in [5, 5.41) is 2.37. The van der Waals surface area contributed by atoms with E-state index >= 15 is 0 Å². The van der Waals surface area contributed by atoms with Crippen LogP contribution in [0.15, 0.2) is 30.6 Å². The highest BCUT2D eigenvalue weighted by Gasteiger charge is 2.20. The summed E-state index contributed by atoms with van der Waals surface area (Å²) in [4.78, 5) is 23.8. The van der Waals surface area contributed by atoms with Crippen molar-refractivity contribution in [3.8, 4) is 0 Å². The SMILES string of the molecule is CCNS(=O)(=O)Nc1cc(CN2CCN(c3cnc(C(=O)NC)c(F)c3)CC2)ccn1. The van der Waals surface area contributed by atoms with Gasteiger partial charge < -0.3 is 10.2 Å². The van der Waals surface area contributed by atoms with Gasteiger partial charge in [0.15, 0.2) is 11.5 Å². The lowest BCUT2D eigenvalue weighted by atomic mass is 10.2. The van der Waals surface area contributed by atoms with Crippen LogP contribution >= 0.6 is 0 Å². The second-order valence-corrected chi connectivity index (χ2v) is 8.52. The van der Waals surface area contributed by atoms with Crippen LogP contribution in [-0.2, 0) is 16.8 Å². The predicted molar refractivity (Wildman–Crippen MR) is 116 cm³/mol. The number of halogens is 1. The third-order valence-electron chi connectivity index (χ3n) is 4.81. The minimum absolute atomic E-state index is 0.219. The highest BCUT2D eigenvalue weighted by atomic mass is 32.2. The third-order valence-corrected chi connectivity index (χ3v) is 5.96. The maximum atomic E-state index is 14.2. The molecule has 2 aromatic heterocycles. The quantitative estimate of drug-likeness (QED) is 0.537. The first-order valence-electron chi connectivity index (χ1n) is 9.88. The van der Waals surface area contributed by atoms with Crippen molar-refractivity contribution in [3.63, 3.8) is 0 Å². The summed E-state index contributed by atoms with van der Waals surface area (Å²) in [6.07, 6.45) is 3.08. The number of piperazine rings is 1. The van der Waals surface area contributed by atoms with Gasteiger partial charge in [0.05, 0.1) is 11.9 Å². The first-order valence-corrected chi connectivity index (χ1v) is 11.4. The van der Waals surface area contributed by atoms with Crippen molar-refractivity contribution >= 4 is 27.6 Å². The van der Waals surface area contributed by atoms with Crippen molar-refractivity contribution in [1.29, 1.82) is 0 Å². The van der Waals surface area contributed by atoms with Gasteiger partial charge in [-0.2, -0.15) is 13.1 Å². The normalized spacial score (nSPS) is 15.0. The van der Waals surface area contributed by atoms with Gasteiger partial charge in [0.1, 0.15) is 5.82 Å². The molecule has 3 heterocycles. The highest BCUT2D eigenvalue weighted by Crippen LogP contribution is 2.19. The van der Waals surface area contributed by atoms with Crippen LogP contribution < -0.4 is 19.7 Å². The zero-order chi connectivity index (χ0) is 22.4. The van der Waals surface area contributed by atoms with E-state index in [4.69, 9.17) is 0 Å². The smallest absolute Gasteiger partial charge is 0.300 e. The molecule has 0 saturated carbocycles. The van der Waals surface area contributed by atoms with Gasteiger partial charge in [-0.15, -0.1) is 0 Å². The lowest BCUT2D eigenvalue weighted by Gasteiger charge is -2.36. The molecule has 31 heavy (non-hydrogen) atoms. The standard InChI is InChI=1S/C19H26FN7O3S/c1-3-24-31(29,30)25-17-10-14(4-5-22-17)13-26-6-8-27(9-7-26)15-11-16(20)18(23-12-15)19(28)21-2/h4-5,10-12,24H,3,6-9,13H2,1-2H3,(H,21,28)(H,22,25). The van der Waals surface area contributed by atoms with Gasteiger partial charge in [0, 0.05) is 58.6 Å². The van der Waals surface area contributed by atoms with Gasteiger partial charge in [-0.05, 0) is 17.7 Å².